The maximum atomic E-state index is 11.7. The van der Waals surface area contributed by atoms with Gasteiger partial charge in [-0.15, -0.1) is 0 Å². The lowest BCUT2D eigenvalue weighted by molar-refractivity contribution is -0.129. The van der Waals surface area contributed by atoms with E-state index in [1.807, 2.05) is 0 Å². The van der Waals surface area contributed by atoms with Gasteiger partial charge in [0.15, 0.2) is 0 Å². The quantitative estimate of drug-likeness (QED) is 0.850. The number of anilines is 1. The molecular weight excluding hydrogens is 302 g/mol. The molecule has 2 rings (SSSR count). The van der Waals surface area contributed by atoms with Gasteiger partial charge in [0, 0.05) is 17.3 Å². The summed E-state index contributed by atoms with van der Waals surface area (Å²) in [7, 11) is 0. The van der Waals surface area contributed by atoms with Gasteiger partial charge in [-0.25, -0.2) is 4.79 Å². The van der Waals surface area contributed by atoms with E-state index in [2.05, 4.69) is 15.9 Å². The Hall–Kier alpha value is -1.69. The largest absolute Gasteiger partial charge is 0.478 e. The van der Waals surface area contributed by atoms with Crippen molar-refractivity contribution < 1.29 is 19.5 Å². The second-order valence-electron chi connectivity index (χ2n) is 3.98. The van der Waals surface area contributed by atoms with Gasteiger partial charge in [-0.3, -0.25) is 14.5 Å². The molecule has 1 aliphatic rings. The van der Waals surface area contributed by atoms with E-state index in [4.69, 9.17) is 5.11 Å². The topological polar surface area (TPSA) is 74.7 Å². The monoisotopic (exact) mass is 311 g/mol. The molecule has 0 spiro atoms. The maximum Gasteiger partial charge on any atom is 0.335 e. The van der Waals surface area contributed by atoms with E-state index < -0.39 is 5.97 Å². The van der Waals surface area contributed by atoms with Crippen LogP contribution < -0.4 is 4.90 Å². The van der Waals surface area contributed by atoms with Crippen molar-refractivity contribution in [2.75, 3.05) is 4.90 Å². The second kappa shape index (κ2) is 4.89. The Morgan fingerprint density at radius 3 is 2.33 bits per heavy atom. The number of hydrogen-bond donors (Lipinski definition) is 1. The van der Waals surface area contributed by atoms with Gasteiger partial charge in [0.2, 0.25) is 11.8 Å². The van der Waals surface area contributed by atoms with Gasteiger partial charge in [0.25, 0.3) is 0 Å². The Morgan fingerprint density at radius 2 is 1.78 bits per heavy atom. The third-order valence-corrected chi connectivity index (χ3v) is 3.13. The summed E-state index contributed by atoms with van der Waals surface area (Å²) in [6.07, 6.45) is 1.16. The fourth-order valence-electron chi connectivity index (χ4n) is 1.87. The number of carbonyl (C=O) groups is 3. The van der Waals surface area contributed by atoms with E-state index in [1.54, 1.807) is 6.07 Å². The number of carbonyl (C=O) groups excluding carboxylic acids is 2. The van der Waals surface area contributed by atoms with E-state index in [1.165, 1.54) is 12.1 Å². The average molecular weight is 312 g/mol. The predicted molar refractivity (Wildman–Crippen MR) is 67.4 cm³/mol. The molecule has 1 N–H and O–H groups in total. The highest BCUT2D eigenvalue weighted by Crippen LogP contribution is 2.26. The van der Waals surface area contributed by atoms with Crippen LogP contribution >= 0.6 is 15.9 Å². The van der Waals surface area contributed by atoms with Crippen LogP contribution in [0.25, 0.3) is 0 Å². The molecule has 6 heteroatoms. The van der Waals surface area contributed by atoms with Gasteiger partial charge < -0.3 is 5.11 Å². The summed E-state index contributed by atoms with van der Waals surface area (Å²) in [4.78, 5) is 35.5. The van der Waals surface area contributed by atoms with Gasteiger partial charge in [-0.05, 0) is 24.6 Å². The number of amides is 2. The number of carboxylic acids is 1. The van der Waals surface area contributed by atoms with Crippen molar-refractivity contribution in [2.24, 2.45) is 0 Å². The molecule has 0 radical (unpaired) electrons. The van der Waals surface area contributed by atoms with E-state index in [0.717, 1.165) is 4.90 Å². The Labute approximate surface area is 112 Å². The van der Waals surface area contributed by atoms with Crippen molar-refractivity contribution in [3.05, 3.63) is 28.2 Å². The summed E-state index contributed by atoms with van der Waals surface area (Å²) in [5, 5.41) is 8.95. The van der Waals surface area contributed by atoms with Crippen molar-refractivity contribution in [1.82, 2.24) is 0 Å². The van der Waals surface area contributed by atoms with Crippen molar-refractivity contribution in [3.63, 3.8) is 0 Å². The van der Waals surface area contributed by atoms with E-state index in [-0.39, 0.29) is 17.4 Å². The van der Waals surface area contributed by atoms with Crippen LogP contribution in [0.2, 0.25) is 0 Å². The first kappa shape index (κ1) is 12.8. The molecule has 0 saturated carbocycles. The van der Waals surface area contributed by atoms with E-state index in [9.17, 15) is 14.4 Å². The molecule has 1 aromatic rings. The first-order chi connectivity index (χ1) is 8.49. The van der Waals surface area contributed by atoms with Crippen LogP contribution in [0.5, 0.6) is 0 Å². The Balaban J connectivity index is 2.46. The smallest absolute Gasteiger partial charge is 0.335 e. The molecule has 2 amide bonds. The molecule has 5 nitrogen and oxygen atoms in total. The average Bonchev–Trinajstić information content (AvgIpc) is 2.28. The number of halogens is 1. The zero-order valence-electron chi connectivity index (χ0n) is 9.35. The molecule has 0 unspecified atom stereocenters. The van der Waals surface area contributed by atoms with Crippen LogP contribution in [0, 0.1) is 0 Å². The molecule has 1 saturated heterocycles. The number of imide groups is 1. The number of rotatable bonds is 2. The number of piperidine rings is 1. The number of benzene rings is 1. The molecule has 0 atom stereocenters. The zero-order valence-corrected chi connectivity index (χ0v) is 10.9. The minimum atomic E-state index is -1.10. The number of carboxylic acid groups (broad SMARTS) is 1. The second-order valence-corrected chi connectivity index (χ2v) is 4.90. The Kier molecular flexibility index (Phi) is 3.47. The maximum absolute atomic E-state index is 11.7. The van der Waals surface area contributed by atoms with Gasteiger partial charge in [0.1, 0.15) is 0 Å². The summed E-state index contributed by atoms with van der Waals surface area (Å²) in [6.45, 7) is 0. The minimum absolute atomic E-state index is 0.0329. The summed E-state index contributed by atoms with van der Waals surface area (Å²) in [5.41, 5.74) is 0.335. The van der Waals surface area contributed by atoms with Gasteiger partial charge in [-0.1, -0.05) is 15.9 Å². The Morgan fingerprint density at radius 1 is 1.17 bits per heavy atom. The standard InChI is InChI=1S/C12H10BrNO4/c13-8-4-7(12(17)18)5-9(6-8)14-10(15)2-1-3-11(14)16/h4-6H,1-3H2,(H,17,18). The highest BCUT2D eigenvalue weighted by molar-refractivity contribution is 9.10. The highest BCUT2D eigenvalue weighted by atomic mass is 79.9. The first-order valence-electron chi connectivity index (χ1n) is 5.38. The fourth-order valence-corrected chi connectivity index (χ4v) is 2.35. The van der Waals surface area contributed by atoms with Gasteiger partial charge in [0.05, 0.1) is 11.3 Å². The molecule has 94 valence electrons. The molecule has 1 heterocycles. The lowest BCUT2D eigenvalue weighted by Crippen LogP contribution is -2.40. The lowest BCUT2D eigenvalue weighted by atomic mass is 10.1. The molecule has 1 aromatic carbocycles. The van der Waals surface area contributed by atoms with Crippen molar-refractivity contribution in [2.45, 2.75) is 19.3 Å². The lowest BCUT2D eigenvalue weighted by Gasteiger charge is -2.25. The molecule has 1 aliphatic heterocycles. The third-order valence-electron chi connectivity index (χ3n) is 2.67. The van der Waals surface area contributed by atoms with Crippen molar-refractivity contribution in [1.29, 1.82) is 0 Å². The van der Waals surface area contributed by atoms with E-state index >= 15 is 0 Å². The molecule has 0 aliphatic carbocycles. The number of hydrogen-bond acceptors (Lipinski definition) is 3. The van der Waals surface area contributed by atoms with Crippen LogP contribution in [-0.4, -0.2) is 22.9 Å². The van der Waals surface area contributed by atoms with Crippen molar-refractivity contribution >= 4 is 39.4 Å². The minimum Gasteiger partial charge on any atom is -0.478 e. The Bertz CT molecular complexity index is 525. The summed E-state index contributed by atoms with van der Waals surface area (Å²) in [5.74, 6) is -1.68. The van der Waals surface area contributed by atoms with Crippen molar-refractivity contribution in [3.8, 4) is 0 Å². The summed E-state index contributed by atoms with van der Waals surface area (Å²) >= 11 is 3.18. The molecule has 0 bridgehead atoms. The molecule has 18 heavy (non-hydrogen) atoms. The summed E-state index contributed by atoms with van der Waals surface area (Å²) < 4.78 is 0.517. The number of aromatic carboxylic acids is 1. The highest BCUT2D eigenvalue weighted by Gasteiger charge is 2.28. The van der Waals surface area contributed by atoms with E-state index in [0.29, 0.717) is 29.4 Å². The first-order valence-corrected chi connectivity index (χ1v) is 6.18. The van der Waals surface area contributed by atoms with Gasteiger partial charge in [-0.2, -0.15) is 0 Å². The fraction of sp³-hybridized carbons (Fsp3) is 0.250. The predicted octanol–water partition coefficient (Wildman–Crippen LogP) is 2.19. The SMILES string of the molecule is O=C(O)c1cc(Br)cc(N2C(=O)CCCC2=O)c1. The molecule has 1 fully saturated rings. The van der Waals surface area contributed by atoms with Crippen LogP contribution in [0.3, 0.4) is 0 Å². The van der Waals surface area contributed by atoms with Crippen LogP contribution in [0.15, 0.2) is 22.7 Å². The normalized spacial score (nSPS) is 15.9. The van der Waals surface area contributed by atoms with Crippen LogP contribution in [0.4, 0.5) is 5.69 Å². The summed E-state index contributed by atoms with van der Waals surface area (Å²) in [6, 6.07) is 4.31. The molecular formula is C12H10BrNO4. The molecule has 0 aromatic heterocycles. The van der Waals surface area contributed by atoms with Gasteiger partial charge >= 0.3 is 5.97 Å². The zero-order chi connectivity index (χ0) is 13.3. The van der Waals surface area contributed by atoms with Crippen LogP contribution in [0.1, 0.15) is 29.6 Å². The third kappa shape index (κ3) is 2.43. The number of nitrogens with zero attached hydrogens (tertiary/aromatic N) is 1. The van der Waals surface area contributed by atoms with Crippen LogP contribution in [-0.2, 0) is 9.59 Å².